The number of carbonyl (C=O) groups is 1. The van der Waals surface area contributed by atoms with E-state index in [1.807, 2.05) is 55.1 Å². The number of nitrogens with zero attached hydrogens (tertiary/aromatic N) is 5. The lowest BCUT2D eigenvalue weighted by molar-refractivity contribution is 0.0710. The zero-order chi connectivity index (χ0) is 21.0. The van der Waals surface area contributed by atoms with Crippen LogP contribution in [0.3, 0.4) is 0 Å². The third kappa shape index (κ3) is 4.53. The van der Waals surface area contributed by atoms with Crippen molar-refractivity contribution in [3.8, 4) is 0 Å². The number of aromatic nitrogens is 3. The molecule has 0 spiro atoms. The molecule has 1 saturated heterocycles. The fourth-order valence-corrected chi connectivity index (χ4v) is 3.82. The third-order valence-corrected chi connectivity index (χ3v) is 5.53. The van der Waals surface area contributed by atoms with Crippen LogP contribution in [-0.2, 0) is 17.8 Å². The summed E-state index contributed by atoms with van der Waals surface area (Å²) in [5.74, 6) is 1.07. The molecule has 2 aromatic rings. The molecule has 0 aliphatic carbocycles. The van der Waals surface area contributed by atoms with E-state index in [-0.39, 0.29) is 17.5 Å². The van der Waals surface area contributed by atoms with Gasteiger partial charge in [0.05, 0.1) is 13.2 Å². The number of likely N-dealkylation sites (tertiary alicyclic amines) is 1. The lowest BCUT2D eigenvalue weighted by Crippen LogP contribution is -2.38. The van der Waals surface area contributed by atoms with Gasteiger partial charge in [-0.05, 0) is 38.0 Å². The highest BCUT2D eigenvalue weighted by atomic mass is 16.5. The van der Waals surface area contributed by atoms with E-state index in [0.717, 1.165) is 24.4 Å². The van der Waals surface area contributed by atoms with Crippen LogP contribution in [-0.4, -0.2) is 66.1 Å². The highest BCUT2D eigenvalue weighted by Gasteiger charge is 2.28. The fourth-order valence-electron chi connectivity index (χ4n) is 3.82. The molecule has 0 bridgehead atoms. The highest BCUT2D eigenvalue weighted by molar-refractivity contribution is 5.95. The zero-order valence-corrected chi connectivity index (χ0v) is 17.8. The van der Waals surface area contributed by atoms with Gasteiger partial charge in [-0.15, -0.1) is 0 Å². The molecule has 1 fully saturated rings. The van der Waals surface area contributed by atoms with Gasteiger partial charge >= 0.3 is 5.69 Å². The summed E-state index contributed by atoms with van der Waals surface area (Å²) in [6, 6.07) is 7.71. The summed E-state index contributed by atoms with van der Waals surface area (Å²) in [5.41, 5.74) is 1.64. The van der Waals surface area contributed by atoms with Crippen LogP contribution in [0.15, 0.2) is 29.1 Å². The van der Waals surface area contributed by atoms with Gasteiger partial charge in [-0.1, -0.05) is 6.07 Å². The van der Waals surface area contributed by atoms with Crippen LogP contribution >= 0.6 is 0 Å². The number of ether oxygens (including phenoxy) is 1. The smallest absolute Gasteiger partial charge is 0.345 e. The number of amides is 1. The summed E-state index contributed by atoms with van der Waals surface area (Å²) >= 11 is 0. The van der Waals surface area contributed by atoms with Crippen molar-refractivity contribution >= 4 is 11.6 Å². The fraction of sp³-hybridized carbons (Fsp3) is 0.571. The predicted molar refractivity (Wildman–Crippen MR) is 113 cm³/mol. The van der Waals surface area contributed by atoms with Crippen molar-refractivity contribution in [2.45, 2.75) is 38.8 Å². The second-order valence-corrected chi connectivity index (χ2v) is 7.61. The van der Waals surface area contributed by atoms with Crippen LogP contribution in [0, 0.1) is 0 Å². The highest BCUT2D eigenvalue weighted by Crippen LogP contribution is 2.27. The van der Waals surface area contributed by atoms with Gasteiger partial charge in [0, 0.05) is 58.0 Å². The molecular weight excluding hydrogens is 370 g/mol. The normalized spacial score (nSPS) is 15.0. The Balaban J connectivity index is 1.70. The molecule has 29 heavy (non-hydrogen) atoms. The molecule has 1 aromatic heterocycles. The van der Waals surface area contributed by atoms with Crippen molar-refractivity contribution in [1.82, 2.24) is 19.2 Å². The number of piperidine rings is 1. The minimum Gasteiger partial charge on any atom is -0.383 e. The molecule has 0 atom stereocenters. The Morgan fingerprint density at radius 1 is 1.28 bits per heavy atom. The maximum Gasteiger partial charge on any atom is 0.345 e. The van der Waals surface area contributed by atoms with Crippen molar-refractivity contribution in [1.29, 1.82) is 0 Å². The monoisotopic (exact) mass is 401 g/mol. The van der Waals surface area contributed by atoms with Gasteiger partial charge in [-0.3, -0.25) is 9.36 Å². The van der Waals surface area contributed by atoms with Crippen molar-refractivity contribution < 1.29 is 9.53 Å². The molecular formula is C21H31N5O3. The second-order valence-electron chi connectivity index (χ2n) is 7.61. The van der Waals surface area contributed by atoms with E-state index >= 15 is 0 Å². The molecule has 1 aliphatic rings. The van der Waals surface area contributed by atoms with Crippen molar-refractivity contribution in [3.63, 3.8) is 0 Å². The minimum atomic E-state index is -0.0847. The Kier molecular flexibility index (Phi) is 6.74. The number of hydrogen-bond acceptors (Lipinski definition) is 5. The summed E-state index contributed by atoms with van der Waals surface area (Å²) in [4.78, 5) is 29.4. The third-order valence-electron chi connectivity index (χ3n) is 5.53. The molecule has 2 heterocycles. The first-order chi connectivity index (χ1) is 14.0. The van der Waals surface area contributed by atoms with Crippen LogP contribution in [0.25, 0.3) is 0 Å². The van der Waals surface area contributed by atoms with E-state index in [1.165, 1.54) is 4.68 Å². The van der Waals surface area contributed by atoms with Crippen LogP contribution in [0.2, 0.25) is 0 Å². The van der Waals surface area contributed by atoms with Crippen LogP contribution in [0.5, 0.6) is 0 Å². The van der Waals surface area contributed by atoms with Gasteiger partial charge in [0.2, 0.25) is 0 Å². The van der Waals surface area contributed by atoms with Crippen LogP contribution < -0.4 is 10.6 Å². The largest absolute Gasteiger partial charge is 0.383 e. The average Bonchev–Trinajstić information content (AvgIpc) is 3.07. The van der Waals surface area contributed by atoms with E-state index in [1.54, 1.807) is 11.7 Å². The molecule has 1 aliphatic heterocycles. The minimum absolute atomic E-state index is 0.0608. The maximum atomic E-state index is 12.9. The Hall–Kier alpha value is -2.61. The van der Waals surface area contributed by atoms with E-state index in [4.69, 9.17) is 4.74 Å². The number of benzene rings is 1. The summed E-state index contributed by atoms with van der Waals surface area (Å²) in [7, 11) is 5.55. The molecule has 0 unspecified atom stereocenters. The number of rotatable bonds is 7. The molecule has 158 valence electrons. The molecule has 8 heteroatoms. The first-order valence-electron chi connectivity index (χ1n) is 10.2. The summed E-state index contributed by atoms with van der Waals surface area (Å²) in [5, 5.41) is 4.58. The van der Waals surface area contributed by atoms with Gasteiger partial charge < -0.3 is 14.5 Å². The van der Waals surface area contributed by atoms with Crippen LogP contribution in [0.4, 0.5) is 5.69 Å². The van der Waals surface area contributed by atoms with E-state index in [0.29, 0.717) is 38.3 Å². The Morgan fingerprint density at radius 2 is 2.00 bits per heavy atom. The first-order valence-corrected chi connectivity index (χ1v) is 10.2. The van der Waals surface area contributed by atoms with Crippen molar-refractivity contribution in [2.75, 3.05) is 45.8 Å². The molecule has 0 radical (unpaired) electrons. The Morgan fingerprint density at radius 3 is 2.62 bits per heavy atom. The molecule has 1 aromatic carbocycles. The van der Waals surface area contributed by atoms with Gasteiger partial charge in [0.1, 0.15) is 5.82 Å². The number of hydrogen-bond donors (Lipinski definition) is 0. The van der Waals surface area contributed by atoms with Gasteiger partial charge in [0.25, 0.3) is 5.91 Å². The first kappa shape index (κ1) is 21.1. The number of anilines is 1. The lowest BCUT2D eigenvalue weighted by atomic mass is 9.95. The molecule has 8 nitrogen and oxygen atoms in total. The predicted octanol–water partition coefficient (Wildman–Crippen LogP) is 1.80. The van der Waals surface area contributed by atoms with E-state index in [9.17, 15) is 9.59 Å². The SMILES string of the molecule is CCn1c(C2CCN(C(=O)c3cccc(N(C)C)c3)CC2)nn(CCOC)c1=O. The zero-order valence-electron chi connectivity index (χ0n) is 17.8. The Bertz CT molecular complexity index is 894. The lowest BCUT2D eigenvalue weighted by Gasteiger charge is -2.31. The van der Waals surface area contributed by atoms with Gasteiger partial charge in [-0.25, -0.2) is 9.48 Å². The molecule has 1 amide bonds. The van der Waals surface area contributed by atoms with Gasteiger partial charge in [0.15, 0.2) is 0 Å². The summed E-state index contributed by atoms with van der Waals surface area (Å²) < 4.78 is 8.32. The second kappa shape index (κ2) is 9.26. The van der Waals surface area contributed by atoms with E-state index in [2.05, 4.69) is 5.10 Å². The standard InChI is InChI=1S/C21H31N5O3/c1-5-25-19(22-26(21(25)28)13-14-29-4)16-9-11-24(12-10-16)20(27)17-7-6-8-18(15-17)23(2)3/h6-8,15-16H,5,9-14H2,1-4H3. The van der Waals surface area contributed by atoms with Crippen molar-refractivity contribution in [3.05, 3.63) is 46.1 Å². The van der Waals surface area contributed by atoms with Crippen LogP contribution in [0.1, 0.15) is 41.9 Å². The van der Waals surface area contributed by atoms with Gasteiger partial charge in [-0.2, -0.15) is 5.10 Å². The number of carbonyl (C=O) groups excluding carboxylic acids is 1. The molecule has 3 rings (SSSR count). The molecule has 0 saturated carbocycles. The maximum absolute atomic E-state index is 12.9. The molecule has 0 N–H and O–H groups in total. The summed E-state index contributed by atoms with van der Waals surface area (Å²) in [6.07, 6.45) is 1.61. The topological polar surface area (TPSA) is 72.6 Å². The van der Waals surface area contributed by atoms with E-state index < -0.39 is 0 Å². The average molecular weight is 402 g/mol. The quantitative estimate of drug-likeness (QED) is 0.707. The Labute approximate surface area is 171 Å². The number of methoxy groups -OCH3 is 1. The summed E-state index contributed by atoms with van der Waals surface area (Å²) in [6.45, 7) is 4.80. The van der Waals surface area contributed by atoms with Crippen molar-refractivity contribution in [2.24, 2.45) is 0 Å².